The third kappa shape index (κ3) is 4.96. The molecule has 0 atom stereocenters. The summed E-state index contributed by atoms with van der Waals surface area (Å²) in [6.07, 6.45) is 0. The van der Waals surface area contributed by atoms with Crippen LogP contribution < -0.4 is 4.90 Å². The van der Waals surface area contributed by atoms with E-state index < -0.39 is 0 Å². The summed E-state index contributed by atoms with van der Waals surface area (Å²) in [4.78, 5) is 2.31. The molecule has 0 saturated carbocycles. The van der Waals surface area contributed by atoms with Gasteiger partial charge >= 0.3 is 0 Å². The molecule has 2 heteroatoms. The molecule has 244 valence electrons. The summed E-state index contributed by atoms with van der Waals surface area (Å²) in [5, 5.41) is 8.24. The molecular formula is C50H33NO. The lowest BCUT2D eigenvalue weighted by Gasteiger charge is -2.25. The van der Waals surface area contributed by atoms with Crippen LogP contribution in [0.25, 0.3) is 76.9 Å². The highest BCUT2D eigenvalue weighted by Crippen LogP contribution is 2.50. The van der Waals surface area contributed by atoms with Crippen molar-refractivity contribution < 1.29 is 4.42 Å². The molecule has 9 aromatic carbocycles. The number of furan rings is 1. The fourth-order valence-electron chi connectivity index (χ4n) is 7.91. The monoisotopic (exact) mass is 663 g/mol. The van der Waals surface area contributed by atoms with E-state index in [0.29, 0.717) is 0 Å². The SMILES string of the molecule is c1ccc(-c2c(-c3c4ccccc4c(-c4ccc(N(c5ccccc5)c5ccccc5)cc4)c4cc5ccccc5cc34)oc3ccccc23)cc1. The number of para-hydroxylation sites is 3. The van der Waals surface area contributed by atoms with E-state index in [1.54, 1.807) is 0 Å². The molecule has 10 aromatic rings. The van der Waals surface area contributed by atoms with Gasteiger partial charge in [-0.1, -0.05) is 146 Å². The van der Waals surface area contributed by atoms with Gasteiger partial charge < -0.3 is 9.32 Å². The minimum absolute atomic E-state index is 0.885. The van der Waals surface area contributed by atoms with Crippen LogP contribution in [0, 0.1) is 0 Å². The first kappa shape index (κ1) is 30.0. The zero-order valence-corrected chi connectivity index (χ0v) is 28.4. The van der Waals surface area contributed by atoms with Gasteiger partial charge in [-0.05, 0) is 104 Å². The second kappa shape index (κ2) is 12.5. The van der Waals surface area contributed by atoms with E-state index >= 15 is 0 Å². The molecule has 52 heavy (non-hydrogen) atoms. The van der Waals surface area contributed by atoms with E-state index in [1.165, 1.54) is 38.1 Å². The Kier molecular flexibility index (Phi) is 7.18. The molecule has 10 rings (SSSR count). The highest BCUT2D eigenvalue weighted by Gasteiger charge is 2.24. The number of fused-ring (bicyclic) bond motifs is 4. The van der Waals surface area contributed by atoms with Crippen LogP contribution in [-0.2, 0) is 0 Å². The van der Waals surface area contributed by atoms with Crippen LogP contribution in [0.2, 0.25) is 0 Å². The Morgan fingerprint density at radius 3 is 1.37 bits per heavy atom. The van der Waals surface area contributed by atoms with Gasteiger partial charge in [-0.3, -0.25) is 0 Å². The van der Waals surface area contributed by atoms with Crippen molar-refractivity contribution in [3.05, 3.63) is 200 Å². The molecule has 1 heterocycles. The highest BCUT2D eigenvalue weighted by atomic mass is 16.3. The molecule has 1 aromatic heterocycles. The van der Waals surface area contributed by atoms with Crippen LogP contribution in [0.1, 0.15) is 0 Å². The van der Waals surface area contributed by atoms with E-state index in [1.807, 2.05) is 0 Å². The Morgan fingerprint density at radius 2 is 0.750 bits per heavy atom. The van der Waals surface area contributed by atoms with Crippen molar-refractivity contribution in [2.45, 2.75) is 0 Å². The smallest absolute Gasteiger partial charge is 0.144 e. The Morgan fingerprint density at radius 1 is 0.308 bits per heavy atom. The van der Waals surface area contributed by atoms with Crippen LogP contribution in [0.4, 0.5) is 17.1 Å². The summed E-state index contributed by atoms with van der Waals surface area (Å²) < 4.78 is 6.93. The van der Waals surface area contributed by atoms with Gasteiger partial charge in [0.25, 0.3) is 0 Å². The lowest BCUT2D eigenvalue weighted by molar-refractivity contribution is 0.634. The Bertz CT molecular complexity index is 2830. The van der Waals surface area contributed by atoms with Gasteiger partial charge in [-0.15, -0.1) is 0 Å². The fraction of sp³-hybridized carbons (Fsp3) is 0. The number of rotatable bonds is 6. The average Bonchev–Trinajstić information content (AvgIpc) is 3.60. The van der Waals surface area contributed by atoms with Crippen LogP contribution >= 0.6 is 0 Å². The van der Waals surface area contributed by atoms with E-state index in [2.05, 4.69) is 205 Å². The van der Waals surface area contributed by atoms with Crippen molar-refractivity contribution in [2.24, 2.45) is 0 Å². The van der Waals surface area contributed by atoms with Crippen molar-refractivity contribution in [3.63, 3.8) is 0 Å². The lowest BCUT2D eigenvalue weighted by Crippen LogP contribution is -2.09. The second-order valence-electron chi connectivity index (χ2n) is 13.3. The first-order valence-electron chi connectivity index (χ1n) is 17.8. The minimum Gasteiger partial charge on any atom is -0.455 e. The van der Waals surface area contributed by atoms with Gasteiger partial charge in [0.05, 0.1) is 0 Å². The topological polar surface area (TPSA) is 16.4 Å². The van der Waals surface area contributed by atoms with E-state index in [-0.39, 0.29) is 0 Å². The predicted molar refractivity (Wildman–Crippen MR) is 220 cm³/mol. The van der Waals surface area contributed by atoms with Crippen molar-refractivity contribution in [2.75, 3.05) is 4.90 Å². The summed E-state index contributed by atoms with van der Waals surface area (Å²) in [5.41, 5.74) is 9.99. The van der Waals surface area contributed by atoms with Crippen LogP contribution in [0.3, 0.4) is 0 Å². The molecule has 0 radical (unpaired) electrons. The molecule has 0 N–H and O–H groups in total. The third-order valence-corrected chi connectivity index (χ3v) is 10.2. The van der Waals surface area contributed by atoms with Gasteiger partial charge in [-0.2, -0.15) is 0 Å². The molecule has 0 aliphatic rings. The maximum atomic E-state index is 6.93. The minimum atomic E-state index is 0.885. The van der Waals surface area contributed by atoms with Gasteiger partial charge in [0, 0.05) is 33.6 Å². The van der Waals surface area contributed by atoms with E-state index in [0.717, 1.165) is 55.9 Å². The summed E-state index contributed by atoms with van der Waals surface area (Å²) >= 11 is 0. The summed E-state index contributed by atoms with van der Waals surface area (Å²) in [6.45, 7) is 0. The summed E-state index contributed by atoms with van der Waals surface area (Å²) in [6, 6.07) is 71.5. The Labute approximate surface area is 302 Å². The van der Waals surface area contributed by atoms with Crippen LogP contribution in [0.5, 0.6) is 0 Å². The maximum Gasteiger partial charge on any atom is 0.144 e. The standard InChI is InChI=1S/C50H33NO/c1-4-16-34(17-5-1)48-43-26-14-15-27-46(43)52-50(48)49-42-25-13-12-24-41(42)47(44-32-36-18-10-11-19-37(36)33-45(44)49)35-28-30-40(31-29-35)51(38-20-6-2-7-21-38)39-22-8-3-9-23-39/h1-33H. The molecule has 0 amide bonds. The molecule has 0 spiro atoms. The van der Waals surface area contributed by atoms with Crippen molar-refractivity contribution in [1.29, 1.82) is 0 Å². The maximum absolute atomic E-state index is 6.93. The molecule has 0 fully saturated rings. The van der Waals surface area contributed by atoms with Gasteiger partial charge in [0.15, 0.2) is 0 Å². The molecule has 0 unspecified atom stereocenters. The number of hydrogen-bond acceptors (Lipinski definition) is 2. The number of benzene rings is 9. The number of anilines is 3. The highest BCUT2D eigenvalue weighted by molar-refractivity contribution is 6.25. The van der Waals surface area contributed by atoms with E-state index in [9.17, 15) is 0 Å². The first-order chi connectivity index (χ1) is 25.8. The fourth-order valence-corrected chi connectivity index (χ4v) is 7.91. The van der Waals surface area contributed by atoms with Gasteiger partial charge in [-0.25, -0.2) is 0 Å². The number of hydrogen-bond donors (Lipinski definition) is 0. The largest absolute Gasteiger partial charge is 0.455 e. The zero-order chi connectivity index (χ0) is 34.4. The van der Waals surface area contributed by atoms with Crippen LogP contribution in [-0.4, -0.2) is 0 Å². The molecule has 0 aliphatic carbocycles. The quantitative estimate of drug-likeness (QED) is 0.165. The molecule has 0 bridgehead atoms. The average molecular weight is 664 g/mol. The first-order valence-corrected chi connectivity index (χ1v) is 17.8. The lowest BCUT2D eigenvalue weighted by atomic mass is 9.85. The number of nitrogens with zero attached hydrogens (tertiary/aromatic N) is 1. The van der Waals surface area contributed by atoms with Crippen molar-refractivity contribution >= 4 is 60.3 Å². The normalized spacial score (nSPS) is 11.5. The van der Waals surface area contributed by atoms with Crippen molar-refractivity contribution in [1.82, 2.24) is 0 Å². The molecule has 0 aliphatic heterocycles. The van der Waals surface area contributed by atoms with Crippen LogP contribution in [0.15, 0.2) is 205 Å². The summed E-state index contributed by atoms with van der Waals surface area (Å²) in [7, 11) is 0. The van der Waals surface area contributed by atoms with Gasteiger partial charge in [0.1, 0.15) is 11.3 Å². The predicted octanol–water partition coefficient (Wildman–Crippen LogP) is 14.4. The Balaban J connectivity index is 1.26. The molecule has 0 saturated heterocycles. The molecular weight excluding hydrogens is 631 g/mol. The second-order valence-corrected chi connectivity index (χ2v) is 13.3. The van der Waals surface area contributed by atoms with Gasteiger partial charge in [0.2, 0.25) is 0 Å². The summed E-state index contributed by atoms with van der Waals surface area (Å²) in [5.74, 6) is 0.896. The Hall–Kier alpha value is -6.90. The van der Waals surface area contributed by atoms with E-state index in [4.69, 9.17) is 4.42 Å². The third-order valence-electron chi connectivity index (χ3n) is 10.2. The van der Waals surface area contributed by atoms with Crippen molar-refractivity contribution in [3.8, 4) is 33.6 Å². The zero-order valence-electron chi connectivity index (χ0n) is 28.4. The molecule has 2 nitrogen and oxygen atoms in total.